The van der Waals surface area contributed by atoms with Gasteiger partial charge in [0, 0.05) is 24.7 Å². The van der Waals surface area contributed by atoms with Crippen molar-refractivity contribution < 1.29 is 0 Å². The van der Waals surface area contributed by atoms with E-state index in [2.05, 4.69) is 36.1 Å². The van der Waals surface area contributed by atoms with E-state index < -0.39 is 0 Å². The fourth-order valence-corrected chi connectivity index (χ4v) is 1.19. The largest absolute Gasteiger partial charge is 0.370 e. The molecule has 0 saturated heterocycles. The Morgan fingerprint density at radius 2 is 2.00 bits per heavy atom. The number of aromatic nitrogens is 2. The maximum absolute atomic E-state index is 4.43. The second kappa shape index (κ2) is 4.80. The predicted octanol–water partition coefficient (Wildman–Crippen LogP) is 2.03. The van der Waals surface area contributed by atoms with Crippen LogP contribution in [0, 0.1) is 0 Å². The van der Waals surface area contributed by atoms with E-state index in [1.807, 2.05) is 6.20 Å². The molecule has 0 aliphatic carbocycles. The molecule has 0 aliphatic heterocycles. The molecule has 0 radical (unpaired) electrons. The highest BCUT2D eigenvalue weighted by atomic mass is 15.0. The van der Waals surface area contributed by atoms with Crippen LogP contribution >= 0.6 is 0 Å². The van der Waals surface area contributed by atoms with E-state index in [0.29, 0.717) is 0 Å². The molecule has 3 heteroatoms. The highest BCUT2D eigenvalue weighted by Gasteiger charge is 2.02. The third-order valence-corrected chi connectivity index (χ3v) is 1.96. The van der Waals surface area contributed by atoms with Gasteiger partial charge in [0.1, 0.15) is 11.6 Å². The molecule has 0 saturated carbocycles. The molecule has 1 rings (SSSR count). The third kappa shape index (κ3) is 2.41. The number of aryl methyl sites for hydroxylation is 2. The van der Waals surface area contributed by atoms with Crippen LogP contribution < -0.4 is 5.32 Å². The normalized spacial score (nSPS) is 10.1. The number of hydrogen-bond acceptors (Lipinski definition) is 3. The molecule has 0 aliphatic rings. The van der Waals surface area contributed by atoms with Crippen molar-refractivity contribution in [2.24, 2.45) is 0 Å². The Balaban J connectivity index is 2.95. The van der Waals surface area contributed by atoms with E-state index in [-0.39, 0.29) is 0 Å². The number of hydrogen-bond donors (Lipinski definition) is 1. The van der Waals surface area contributed by atoms with Crippen LogP contribution in [-0.2, 0) is 12.8 Å². The van der Waals surface area contributed by atoms with Gasteiger partial charge in [-0.05, 0) is 13.3 Å². The van der Waals surface area contributed by atoms with Gasteiger partial charge in [-0.1, -0.05) is 13.8 Å². The average molecular weight is 179 g/mol. The first kappa shape index (κ1) is 9.96. The van der Waals surface area contributed by atoms with E-state index in [4.69, 9.17) is 0 Å². The van der Waals surface area contributed by atoms with Gasteiger partial charge in [0.05, 0.1) is 0 Å². The van der Waals surface area contributed by atoms with Gasteiger partial charge in [0.25, 0.3) is 0 Å². The second-order valence-corrected chi connectivity index (χ2v) is 2.90. The lowest BCUT2D eigenvalue weighted by Crippen LogP contribution is -2.06. The molecule has 0 amide bonds. The Morgan fingerprint density at radius 1 is 1.23 bits per heavy atom. The molecule has 3 nitrogen and oxygen atoms in total. The van der Waals surface area contributed by atoms with E-state index in [1.165, 1.54) is 5.56 Å². The van der Waals surface area contributed by atoms with Crippen LogP contribution in [0.4, 0.5) is 5.82 Å². The van der Waals surface area contributed by atoms with Crippen molar-refractivity contribution in [3.05, 3.63) is 17.6 Å². The molecule has 0 spiro atoms. The third-order valence-electron chi connectivity index (χ3n) is 1.96. The summed E-state index contributed by atoms with van der Waals surface area (Å²) in [5.41, 5.74) is 1.19. The van der Waals surface area contributed by atoms with Gasteiger partial charge < -0.3 is 5.32 Å². The van der Waals surface area contributed by atoms with Gasteiger partial charge in [0.15, 0.2) is 0 Å². The lowest BCUT2D eigenvalue weighted by molar-refractivity contribution is 0.910. The summed E-state index contributed by atoms with van der Waals surface area (Å²) in [5.74, 6) is 1.91. The highest BCUT2D eigenvalue weighted by molar-refractivity contribution is 5.42. The molecule has 0 atom stereocenters. The SMILES string of the molecule is CCNc1nc(CC)ncc1CC. The first-order chi connectivity index (χ1) is 6.31. The van der Waals surface area contributed by atoms with Crippen LogP contribution in [0.25, 0.3) is 0 Å². The molecule has 72 valence electrons. The minimum Gasteiger partial charge on any atom is -0.370 e. The van der Waals surface area contributed by atoms with Gasteiger partial charge in [-0.3, -0.25) is 0 Å². The Morgan fingerprint density at radius 3 is 2.54 bits per heavy atom. The van der Waals surface area contributed by atoms with Crippen molar-refractivity contribution in [3.8, 4) is 0 Å². The van der Waals surface area contributed by atoms with E-state index >= 15 is 0 Å². The minimum atomic E-state index is 0.891. The van der Waals surface area contributed by atoms with Crippen LogP contribution in [0.2, 0.25) is 0 Å². The summed E-state index contributed by atoms with van der Waals surface area (Å²) in [6, 6.07) is 0. The molecule has 1 N–H and O–H groups in total. The summed E-state index contributed by atoms with van der Waals surface area (Å²) in [6.07, 6.45) is 3.79. The monoisotopic (exact) mass is 179 g/mol. The fourth-order valence-electron chi connectivity index (χ4n) is 1.19. The first-order valence-corrected chi connectivity index (χ1v) is 4.90. The van der Waals surface area contributed by atoms with Crippen molar-refractivity contribution in [1.82, 2.24) is 9.97 Å². The molecule has 1 aromatic rings. The maximum Gasteiger partial charge on any atom is 0.132 e. The lowest BCUT2D eigenvalue weighted by Gasteiger charge is -2.08. The summed E-state index contributed by atoms with van der Waals surface area (Å²) in [7, 11) is 0. The summed E-state index contributed by atoms with van der Waals surface area (Å²) in [5, 5.41) is 3.25. The van der Waals surface area contributed by atoms with Crippen LogP contribution in [0.5, 0.6) is 0 Å². The van der Waals surface area contributed by atoms with Gasteiger partial charge in [-0.15, -0.1) is 0 Å². The molecule has 0 fully saturated rings. The zero-order valence-corrected chi connectivity index (χ0v) is 8.59. The Bertz CT molecular complexity index is 271. The van der Waals surface area contributed by atoms with Crippen LogP contribution in [0.15, 0.2) is 6.20 Å². The molecule has 1 aromatic heterocycles. The van der Waals surface area contributed by atoms with E-state index in [1.54, 1.807) is 0 Å². The van der Waals surface area contributed by atoms with Crippen molar-refractivity contribution in [2.75, 3.05) is 11.9 Å². The van der Waals surface area contributed by atoms with Crippen molar-refractivity contribution >= 4 is 5.82 Å². The quantitative estimate of drug-likeness (QED) is 0.768. The summed E-state index contributed by atoms with van der Waals surface area (Å²) in [4.78, 5) is 8.69. The molecule has 0 aromatic carbocycles. The second-order valence-electron chi connectivity index (χ2n) is 2.90. The Labute approximate surface area is 79.6 Å². The molecule has 13 heavy (non-hydrogen) atoms. The van der Waals surface area contributed by atoms with E-state index in [0.717, 1.165) is 31.0 Å². The minimum absolute atomic E-state index is 0.891. The van der Waals surface area contributed by atoms with Crippen molar-refractivity contribution in [3.63, 3.8) is 0 Å². The van der Waals surface area contributed by atoms with Crippen LogP contribution in [-0.4, -0.2) is 16.5 Å². The number of nitrogens with one attached hydrogen (secondary N) is 1. The van der Waals surface area contributed by atoms with E-state index in [9.17, 15) is 0 Å². The number of nitrogens with zero attached hydrogens (tertiary/aromatic N) is 2. The van der Waals surface area contributed by atoms with Gasteiger partial charge >= 0.3 is 0 Å². The molecular weight excluding hydrogens is 162 g/mol. The van der Waals surface area contributed by atoms with Gasteiger partial charge in [-0.2, -0.15) is 0 Å². The van der Waals surface area contributed by atoms with Crippen molar-refractivity contribution in [1.29, 1.82) is 0 Å². The Kier molecular flexibility index (Phi) is 3.68. The Hall–Kier alpha value is -1.12. The molecular formula is C10H17N3. The van der Waals surface area contributed by atoms with Crippen LogP contribution in [0.1, 0.15) is 32.2 Å². The lowest BCUT2D eigenvalue weighted by atomic mass is 10.2. The van der Waals surface area contributed by atoms with Crippen LogP contribution in [0.3, 0.4) is 0 Å². The molecule has 0 bridgehead atoms. The fraction of sp³-hybridized carbons (Fsp3) is 0.600. The summed E-state index contributed by atoms with van der Waals surface area (Å²) < 4.78 is 0. The maximum atomic E-state index is 4.43. The van der Waals surface area contributed by atoms with Crippen molar-refractivity contribution in [2.45, 2.75) is 33.6 Å². The average Bonchev–Trinajstić information content (AvgIpc) is 2.18. The smallest absolute Gasteiger partial charge is 0.132 e. The zero-order chi connectivity index (χ0) is 9.68. The highest BCUT2D eigenvalue weighted by Crippen LogP contribution is 2.11. The summed E-state index contributed by atoms with van der Waals surface area (Å²) in [6.45, 7) is 7.17. The standard InChI is InChI=1S/C10H17N3/c1-4-8-7-12-9(5-2)13-10(8)11-6-3/h7H,4-6H2,1-3H3,(H,11,12,13). The first-order valence-electron chi connectivity index (χ1n) is 4.90. The van der Waals surface area contributed by atoms with Gasteiger partial charge in [0.2, 0.25) is 0 Å². The number of rotatable bonds is 4. The topological polar surface area (TPSA) is 37.8 Å². The number of anilines is 1. The molecule has 1 heterocycles. The molecule has 0 unspecified atom stereocenters. The van der Waals surface area contributed by atoms with Gasteiger partial charge in [-0.25, -0.2) is 9.97 Å². The zero-order valence-electron chi connectivity index (χ0n) is 8.59. The predicted molar refractivity (Wildman–Crippen MR) is 55.0 cm³/mol. The summed E-state index contributed by atoms with van der Waals surface area (Å²) >= 11 is 0.